The fourth-order valence-electron chi connectivity index (χ4n) is 2.43. The zero-order chi connectivity index (χ0) is 13.6. The van der Waals surface area contributed by atoms with Gasteiger partial charge in [-0.2, -0.15) is 15.0 Å². The second kappa shape index (κ2) is 4.55. The molecule has 6 heteroatoms. The van der Waals surface area contributed by atoms with Crippen molar-refractivity contribution in [2.24, 2.45) is 0 Å². The van der Waals surface area contributed by atoms with Crippen LogP contribution in [-0.2, 0) is 10.2 Å². The van der Waals surface area contributed by atoms with E-state index in [2.05, 4.69) is 27.1 Å². The molecule has 2 aliphatic carbocycles. The predicted octanol–water partition coefficient (Wildman–Crippen LogP) is 1.33. The van der Waals surface area contributed by atoms with Gasteiger partial charge >= 0.3 is 0 Å². The Morgan fingerprint density at radius 3 is 2.55 bits per heavy atom. The lowest BCUT2D eigenvalue weighted by atomic mass is 10.1. The molecule has 108 valence electrons. The van der Waals surface area contributed by atoms with Crippen LogP contribution in [0.4, 0.5) is 11.9 Å². The maximum absolute atomic E-state index is 5.41. The number of hydrogen-bond acceptors (Lipinski definition) is 6. The molecule has 0 atom stereocenters. The van der Waals surface area contributed by atoms with Crippen LogP contribution in [0.1, 0.15) is 38.4 Å². The summed E-state index contributed by atoms with van der Waals surface area (Å²) in [4.78, 5) is 16.2. The monoisotopic (exact) mass is 275 g/mol. The minimum Gasteiger partial charge on any atom is -0.378 e. The fourth-order valence-corrected chi connectivity index (χ4v) is 2.43. The summed E-state index contributed by atoms with van der Waals surface area (Å²) in [7, 11) is 0. The highest BCUT2D eigenvalue weighted by Crippen LogP contribution is 2.46. The molecule has 0 unspecified atom stereocenters. The molecule has 4 rings (SSSR count). The van der Waals surface area contributed by atoms with Crippen LogP contribution in [0, 0.1) is 0 Å². The molecule has 1 N–H and O–H groups in total. The number of morpholine rings is 1. The van der Waals surface area contributed by atoms with Gasteiger partial charge in [-0.15, -0.1) is 0 Å². The first-order chi connectivity index (χ1) is 9.73. The minimum absolute atomic E-state index is 0.171. The van der Waals surface area contributed by atoms with Gasteiger partial charge < -0.3 is 15.0 Å². The first-order valence-corrected chi connectivity index (χ1v) is 7.59. The number of hydrogen-bond donors (Lipinski definition) is 1. The third-order valence-corrected chi connectivity index (χ3v) is 4.37. The lowest BCUT2D eigenvalue weighted by Gasteiger charge is -2.27. The first-order valence-electron chi connectivity index (χ1n) is 7.59. The van der Waals surface area contributed by atoms with Crippen LogP contribution in [0.15, 0.2) is 0 Å². The smallest absolute Gasteiger partial charge is 0.230 e. The van der Waals surface area contributed by atoms with E-state index in [1.54, 1.807) is 0 Å². The van der Waals surface area contributed by atoms with Gasteiger partial charge in [0.15, 0.2) is 0 Å². The lowest BCUT2D eigenvalue weighted by Crippen LogP contribution is -2.38. The average molecular weight is 275 g/mol. The summed E-state index contributed by atoms with van der Waals surface area (Å²) in [5, 5.41) is 3.42. The van der Waals surface area contributed by atoms with Crippen LogP contribution in [0.3, 0.4) is 0 Å². The number of nitrogens with one attached hydrogen (secondary N) is 1. The summed E-state index contributed by atoms with van der Waals surface area (Å²) in [6.07, 6.45) is 4.82. The van der Waals surface area contributed by atoms with Gasteiger partial charge in [0.1, 0.15) is 5.82 Å². The standard InChI is InChI=1S/C14H21N5O/c1-14(4-5-14)11-16-12(15-10-2-3-10)18-13(17-11)19-6-8-20-9-7-19/h10H,2-9H2,1H3,(H,15,16,17,18). The Hall–Kier alpha value is -1.43. The highest BCUT2D eigenvalue weighted by Gasteiger charge is 2.43. The molecule has 0 bridgehead atoms. The molecular formula is C14H21N5O. The summed E-state index contributed by atoms with van der Waals surface area (Å²) in [6, 6.07) is 0.565. The highest BCUT2D eigenvalue weighted by molar-refractivity contribution is 5.40. The Balaban J connectivity index is 1.64. The van der Waals surface area contributed by atoms with Crippen LogP contribution in [-0.4, -0.2) is 47.3 Å². The van der Waals surface area contributed by atoms with Gasteiger partial charge in [-0.05, 0) is 25.7 Å². The third kappa shape index (κ3) is 2.44. The van der Waals surface area contributed by atoms with Crippen molar-refractivity contribution in [1.82, 2.24) is 15.0 Å². The molecule has 2 heterocycles. The van der Waals surface area contributed by atoms with Gasteiger partial charge in [0.2, 0.25) is 11.9 Å². The molecule has 6 nitrogen and oxygen atoms in total. The van der Waals surface area contributed by atoms with Crippen molar-refractivity contribution in [3.8, 4) is 0 Å². The maximum atomic E-state index is 5.41. The van der Waals surface area contributed by atoms with Crippen LogP contribution < -0.4 is 10.2 Å². The maximum Gasteiger partial charge on any atom is 0.230 e. The van der Waals surface area contributed by atoms with Crippen molar-refractivity contribution in [2.45, 2.75) is 44.1 Å². The molecule has 20 heavy (non-hydrogen) atoms. The Bertz CT molecular complexity index is 506. The van der Waals surface area contributed by atoms with E-state index in [4.69, 9.17) is 9.72 Å². The van der Waals surface area contributed by atoms with E-state index in [1.165, 1.54) is 25.7 Å². The molecule has 1 saturated heterocycles. The molecule has 1 aromatic rings. The second-order valence-electron chi connectivity index (χ2n) is 6.36. The zero-order valence-electron chi connectivity index (χ0n) is 11.9. The Kier molecular flexibility index (Phi) is 2.80. The Morgan fingerprint density at radius 2 is 1.90 bits per heavy atom. The molecular weight excluding hydrogens is 254 g/mol. The van der Waals surface area contributed by atoms with Crippen molar-refractivity contribution in [3.63, 3.8) is 0 Å². The average Bonchev–Trinajstić information content (AvgIpc) is 3.39. The van der Waals surface area contributed by atoms with Gasteiger partial charge in [-0.25, -0.2) is 0 Å². The van der Waals surface area contributed by atoms with E-state index in [9.17, 15) is 0 Å². The zero-order valence-corrected chi connectivity index (χ0v) is 11.9. The number of rotatable bonds is 4. The van der Waals surface area contributed by atoms with E-state index >= 15 is 0 Å². The summed E-state index contributed by atoms with van der Waals surface area (Å²) >= 11 is 0. The molecule has 0 aromatic carbocycles. The van der Waals surface area contributed by atoms with Crippen molar-refractivity contribution >= 4 is 11.9 Å². The van der Waals surface area contributed by atoms with Crippen LogP contribution >= 0.6 is 0 Å². The van der Waals surface area contributed by atoms with Gasteiger partial charge in [0, 0.05) is 24.5 Å². The number of nitrogens with zero attached hydrogens (tertiary/aromatic N) is 4. The van der Waals surface area contributed by atoms with Crippen molar-refractivity contribution in [1.29, 1.82) is 0 Å². The van der Waals surface area contributed by atoms with Gasteiger partial charge in [0.25, 0.3) is 0 Å². The molecule has 1 aromatic heterocycles. The van der Waals surface area contributed by atoms with E-state index < -0.39 is 0 Å². The van der Waals surface area contributed by atoms with E-state index in [0.717, 1.165) is 44.0 Å². The van der Waals surface area contributed by atoms with Crippen molar-refractivity contribution in [3.05, 3.63) is 5.82 Å². The summed E-state index contributed by atoms with van der Waals surface area (Å²) < 4.78 is 5.41. The molecule has 3 fully saturated rings. The van der Waals surface area contributed by atoms with Crippen molar-refractivity contribution in [2.75, 3.05) is 36.5 Å². The molecule has 1 aliphatic heterocycles. The molecule has 0 spiro atoms. The number of ether oxygens (including phenoxy) is 1. The minimum atomic E-state index is 0.171. The predicted molar refractivity (Wildman–Crippen MR) is 76.1 cm³/mol. The normalized spacial score (nSPS) is 24.6. The largest absolute Gasteiger partial charge is 0.378 e. The number of aromatic nitrogens is 3. The third-order valence-electron chi connectivity index (χ3n) is 4.37. The number of anilines is 2. The summed E-state index contributed by atoms with van der Waals surface area (Å²) in [6.45, 7) is 5.48. The molecule has 0 radical (unpaired) electrons. The Morgan fingerprint density at radius 1 is 1.15 bits per heavy atom. The Labute approximate surface area is 119 Å². The molecule has 3 aliphatic rings. The van der Waals surface area contributed by atoms with Crippen LogP contribution in [0.2, 0.25) is 0 Å². The first kappa shape index (κ1) is 12.3. The van der Waals surface area contributed by atoms with E-state index in [-0.39, 0.29) is 5.41 Å². The summed E-state index contributed by atoms with van der Waals surface area (Å²) in [5.41, 5.74) is 0.171. The van der Waals surface area contributed by atoms with E-state index in [0.29, 0.717) is 6.04 Å². The quantitative estimate of drug-likeness (QED) is 0.894. The van der Waals surface area contributed by atoms with Gasteiger partial charge in [-0.3, -0.25) is 0 Å². The second-order valence-corrected chi connectivity index (χ2v) is 6.36. The van der Waals surface area contributed by atoms with E-state index in [1.807, 2.05) is 0 Å². The van der Waals surface area contributed by atoms with Crippen molar-refractivity contribution < 1.29 is 4.74 Å². The van der Waals surface area contributed by atoms with Crippen LogP contribution in [0.5, 0.6) is 0 Å². The topological polar surface area (TPSA) is 63.2 Å². The molecule has 0 amide bonds. The lowest BCUT2D eigenvalue weighted by molar-refractivity contribution is 0.122. The fraction of sp³-hybridized carbons (Fsp3) is 0.786. The SMILES string of the molecule is CC1(c2nc(NC3CC3)nc(N3CCOCC3)n2)CC1. The molecule has 2 saturated carbocycles. The van der Waals surface area contributed by atoms with Crippen LogP contribution in [0.25, 0.3) is 0 Å². The summed E-state index contributed by atoms with van der Waals surface area (Å²) in [5.74, 6) is 2.53. The van der Waals surface area contributed by atoms with Gasteiger partial charge in [-0.1, -0.05) is 6.92 Å². The highest BCUT2D eigenvalue weighted by atomic mass is 16.5. The van der Waals surface area contributed by atoms with Gasteiger partial charge in [0.05, 0.1) is 13.2 Å².